The fourth-order valence-electron chi connectivity index (χ4n) is 2.36. The van der Waals surface area contributed by atoms with Crippen LogP contribution in [0, 0.1) is 10.1 Å². The quantitative estimate of drug-likeness (QED) is 0.410. The average molecular weight is 375 g/mol. The Kier molecular flexibility index (Phi) is 4.88. The molecule has 0 saturated carbocycles. The maximum atomic E-state index is 12.9. The summed E-state index contributed by atoms with van der Waals surface area (Å²) in [5.74, 6) is -0.0454. The third kappa shape index (κ3) is 4.11. The van der Waals surface area contributed by atoms with Crippen LogP contribution in [0.2, 0.25) is 0 Å². The predicted molar refractivity (Wildman–Crippen MR) is 92.9 cm³/mol. The van der Waals surface area contributed by atoms with Crippen molar-refractivity contribution in [3.8, 4) is 5.69 Å². The van der Waals surface area contributed by atoms with Crippen molar-refractivity contribution in [1.82, 2.24) is 9.55 Å². The van der Waals surface area contributed by atoms with Crippen molar-refractivity contribution < 1.29 is 18.1 Å². The second-order valence-corrected chi connectivity index (χ2v) is 5.35. The molecule has 2 aromatic heterocycles. The minimum atomic E-state index is -4.45. The molecule has 27 heavy (non-hydrogen) atoms. The Morgan fingerprint density at radius 2 is 2.00 bits per heavy atom. The molecule has 138 valence electrons. The van der Waals surface area contributed by atoms with Gasteiger partial charge in [0, 0.05) is 24.1 Å². The molecule has 3 rings (SSSR count). The van der Waals surface area contributed by atoms with E-state index < -0.39 is 16.7 Å². The highest BCUT2D eigenvalue weighted by atomic mass is 19.4. The molecule has 0 amide bonds. The number of benzene rings is 1. The molecule has 1 N–H and O–H groups in total. The molecule has 0 radical (unpaired) electrons. The number of anilines is 1. The van der Waals surface area contributed by atoms with Crippen molar-refractivity contribution >= 4 is 17.7 Å². The van der Waals surface area contributed by atoms with Gasteiger partial charge >= 0.3 is 11.9 Å². The molecule has 3 aromatic rings. The minimum Gasteiger partial charge on any atom is -0.316 e. The SMILES string of the molecule is O=[N+]([O-])c1cccnc1N/N=C\c1cccn1-c1cccc(C(F)(F)F)c1. The van der Waals surface area contributed by atoms with E-state index in [9.17, 15) is 23.3 Å². The largest absolute Gasteiger partial charge is 0.416 e. The number of halogens is 3. The van der Waals surface area contributed by atoms with Gasteiger partial charge < -0.3 is 4.57 Å². The molecule has 0 spiro atoms. The van der Waals surface area contributed by atoms with Gasteiger partial charge in [-0.1, -0.05) is 6.07 Å². The van der Waals surface area contributed by atoms with Crippen molar-refractivity contribution in [1.29, 1.82) is 0 Å². The van der Waals surface area contributed by atoms with Gasteiger partial charge in [-0.05, 0) is 36.4 Å². The van der Waals surface area contributed by atoms with Crippen LogP contribution in [0.3, 0.4) is 0 Å². The lowest BCUT2D eigenvalue weighted by atomic mass is 10.2. The summed E-state index contributed by atoms with van der Waals surface area (Å²) in [6.07, 6.45) is -0.161. The summed E-state index contributed by atoms with van der Waals surface area (Å²) in [6.45, 7) is 0. The third-order valence-corrected chi connectivity index (χ3v) is 3.58. The summed E-state index contributed by atoms with van der Waals surface area (Å²) in [4.78, 5) is 14.2. The molecule has 0 unspecified atom stereocenters. The van der Waals surface area contributed by atoms with Crippen LogP contribution in [0.25, 0.3) is 5.69 Å². The molecule has 7 nitrogen and oxygen atoms in total. The van der Waals surface area contributed by atoms with Gasteiger partial charge in [-0.3, -0.25) is 15.5 Å². The van der Waals surface area contributed by atoms with E-state index in [0.29, 0.717) is 11.4 Å². The molecule has 0 bridgehead atoms. The smallest absolute Gasteiger partial charge is 0.316 e. The fourth-order valence-corrected chi connectivity index (χ4v) is 2.36. The highest BCUT2D eigenvalue weighted by molar-refractivity contribution is 5.79. The van der Waals surface area contributed by atoms with Gasteiger partial charge in [0.05, 0.1) is 22.4 Å². The summed E-state index contributed by atoms with van der Waals surface area (Å²) in [6, 6.07) is 10.8. The number of rotatable bonds is 5. The first-order valence-electron chi connectivity index (χ1n) is 7.60. The monoisotopic (exact) mass is 375 g/mol. The van der Waals surface area contributed by atoms with E-state index in [4.69, 9.17) is 0 Å². The Hall–Kier alpha value is -3.69. The Labute approximate surface area is 150 Å². The molecule has 0 aliphatic carbocycles. The molecular formula is C17H12F3N5O2. The van der Waals surface area contributed by atoms with Crippen LogP contribution in [0.4, 0.5) is 24.7 Å². The van der Waals surface area contributed by atoms with E-state index in [1.807, 2.05) is 0 Å². The zero-order valence-corrected chi connectivity index (χ0v) is 13.6. The van der Waals surface area contributed by atoms with E-state index in [1.165, 1.54) is 41.2 Å². The van der Waals surface area contributed by atoms with Gasteiger partial charge in [0.2, 0.25) is 5.82 Å². The van der Waals surface area contributed by atoms with Crippen molar-refractivity contribution in [2.24, 2.45) is 5.10 Å². The second kappa shape index (κ2) is 7.28. The fraction of sp³-hybridized carbons (Fsp3) is 0.0588. The first kappa shape index (κ1) is 18.1. The minimum absolute atomic E-state index is 0.0454. The highest BCUT2D eigenvalue weighted by Gasteiger charge is 2.30. The Morgan fingerprint density at radius 1 is 1.19 bits per heavy atom. The average Bonchev–Trinajstić information content (AvgIpc) is 3.10. The summed E-state index contributed by atoms with van der Waals surface area (Å²) in [5.41, 5.74) is 2.24. The van der Waals surface area contributed by atoms with Gasteiger partial charge in [-0.25, -0.2) is 4.98 Å². The summed E-state index contributed by atoms with van der Waals surface area (Å²) >= 11 is 0. The number of pyridine rings is 1. The number of hydrogen-bond donors (Lipinski definition) is 1. The van der Waals surface area contributed by atoms with Crippen LogP contribution in [-0.4, -0.2) is 20.7 Å². The lowest BCUT2D eigenvalue weighted by molar-refractivity contribution is -0.384. The van der Waals surface area contributed by atoms with Crippen molar-refractivity contribution in [2.75, 3.05) is 5.43 Å². The van der Waals surface area contributed by atoms with E-state index in [-0.39, 0.29) is 11.5 Å². The first-order valence-corrected chi connectivity index (χ1v) is 7.60. The molecular weight excluding hydrogens is 363 g/mol. The maximum Gasteiger partial charge on any atom is 0.416 e. The van der Waals surface area contributed by atoms with Gasteiger partial charge in [0.1, 0.15) is 0 Å². The Bertz CT molecular complexity index is 998. The summed E-state index contributed by atoms with van der Waals surface area (Å²) in [7, 11) is 0. The van der Waals surface area contributed by atoms with E-state index in [2.05, 4.69) is 15.5 Å². The number of alkyl halides is 3. The Morgan fingerprint density at radius 3 is 2.74 bits per heavy atom. The number of nitro groups is 1. The van der Waals surface area contributed by atoms with Crippen LogP contribution in [-0.2, 0) is 6.18 Å². The van der Waals surface area contributed by atoms with Crippen LogP contribution < -0.4 is 5.43 Å². The molecule has 0 saturated heterocycles. The molecule has 10 heteroatoms. The van der Waals surface area contributed by atoms with Gasteiger partial charge in [0.25, 0.3) is 0 Å². The summed E-state index contributed by atoms with van der Waals surface area (Å²) in [5, 5.41) is 14.8. The van der Waals surface area contributed by atoms with Gasteiger partial charge in [-0.15, -0.1) is 0 Å². The molecule has 2 heterocycles. The molecule has 0 aliphatic heterocycles. The zero-order chi connectivity index (χ0) is 19.4. The van der Waals surface area contributed by atoms with Crippen molar-refractivity contribution in [3.63, 3.8) is 0 Å². The number of hydrazone groups is 1. The van der Waals surface area contributed by atoms with Crippen LogP contribution in [0.5, 0.6) is 0 Å². The third-order valence-electron chi connectivity index (χ3n) is 3.58. The normalized spacial score (nSPS) is 11.7. The lowest BCUT2D eigenvalue weighted by Crippen LogP contribution is -2.07. The predicted octanol–water partition coefficient (Wildman–Crippen LogP) is 4.25. The van der Waals surface area contributed by atoms with Crippen LogP contribution in [0.15, 0.2) is 66.0 Å². The lowest BCUT2D eigenvalue weighted by Gasteiger charge is -2.11. The Balaban J connectivity index is 1.85. The number of hydrogen-bond acceptors (Lipinski definition) is 5. The van der Waals surface area contributed by atoms with Gasteiger partial charge in [-0.2, -0.15) is 18.3 Å². The standard InChI is InChI=1S/C17H12F3N5O2/c18-17(19,20)12-4-1-5-13(10-12)24-9-3-6-14(24)11-22-23-16-15(25(26)27)7-2-8-21-16/h1-11H,(H,21,23)/b22-11-. The molecule has 0 fully saturated rings. The summed E-state index contributed by atoms with van der Waals surface area (Å²) < 4.78 is 40.2. The van der Waals surface area contributed by atoms with Crippen LogP contribution >= 0.6 is 0 Å². The molecule has 1 aromatic carbocycles. The maximum absolute atomic E-state index is 12.9. The highest BCUT2D eigenvalue weighted by Crippen LogP contribution is 2.30. The number of nitrogens with zero attached hydrogens (tertiary/aromatic N) is 4. The number of aromatic nitrogens is 2. The van der Waals surface area contributed by atoms with E-state index in [0.717, 1.165) is 12.1 Å². The zero-order valence-electron chi connectivity index (χ0n) is 13.6. The van der Waals surface area contributed by atoms with Gasteiger partial charge in [0.15, 0.2) is 0 Å². The second-order valence-electron chi connectivity index (χ2n) is 5.35. The van der Waals surface area contributed by atoms with E-state index in [1.54, 1.807) is 18.3 Å². The van der Waals surface area contributed by atoms with Crippen LogP contribution in [0.1, 0.15) is 11.3 Å². The van der Waals surface area contributed by atoms with E-state index >= 15 is 0 Å². The molecule has 0 aliphatic rings. The van der Waals surface area contributed by atoms with Crippen molar-refractivity contribution in [2.45, 2.75) is 6.18 Å². The van der Waals surface area contributed by atoms with Crippen molar-refractivity contribution in [3.05, 3.63) is 82.3 Å². The topological polar surface area (TPSA) is 85.3 Å². The molecule has 0 atom stereocenters. The first-order chi connectivity index (χ1) is 12.9. The number of nitrogens with one attached hydrogen (secondary N) is 1.